The molecule has 0 spiro atoms. The molecule has 3 heteroatoms. The Morgan fingerprint density at radius 2 is 2.14 bits per heavy atom. The van der Waals surface area contributed by atoms with E-state index >= 15 is 0 Å². The van der Waals surface area contributed by atoms with Gasteiger partial charge in [-0.15, -0.1) is 11.3 Å². The normalized spacial score (nSPS) is 14.5. The number of rotatable bonds is 7. The molecule has 22 heavy (non-hydrogen) atoms. The van der Waals surface area contributed by atoms with Gasteiger partial charge in [-0.1, -0.05) is 56.0 Å². The molecule has 1 heterocycles. The van der Waals surface area contributed by atoms with Gasteiger partial charge in [0, 0.05) is 22.9 Å². The second-order valence-electron chi connectivity index (χ2n) is 4.97. The molecule has 0 aliphatic heterocycles. The molecule has 0 radical (unpaired) electrons. The first-order valence-electron chi connectivity index (χ1n) is 7.61. The van der Waals surface area contributed by atoms with Crippen molar-refractivity contribution < 1.29 is 4.74 Å². The van der Waals surface area contributed by atoms with E-state index in [9.17, 15) is 0 Å². The molecule has 0 bridgehead atoms. The highest BCUT2D eigenvalue weighted by atomic mass is 32.1. The summed E-state index contributed by atoms with van der Waals surface area (Å²) >= 11 is 1.72. The van der Waals surface area contributed by atoms with Crippen molar-refractivity contribution in [3.05, 3.63) is 69.7 Å². The Hall–Kier alpha value is -1.84. The van der Waals surface area contributed by atoms with E-state index in [0.29, 0.717) is 6.54 Å². The second-order valence-corrected chi connectivity index (χ2v) is 5.94. The summed E-state index contributed by atoms with van der Waals surface area (Å²) in [4.78, 5) is 1.22. The van der Waals surface area contributed by atoms with E-state index in [0.717, 1.165) is 29.0 Å². The van der Waals surface area contributed by atoms with Gasteiger partial charge >= 0.3 is 0 Å². The van der Waals surface area contributed by atoms with Crippen LogP contribution in [0.1, 0.15) is 30.7 Å². The third-order valence-corrected chi connectivity index (χ3v) is 4.42. The van der Waals surface area contributed by atoms with E-state index in [4.69, 9.17) is 10.5 Å². The van der Waals surface area contributed by atoms with Crippen LogP contribution < -0.4 is 16.2 Å². The Kier molecular flexibility index (Phi) is 6.44. The van der Waals surface area contributed by atoms with Crippen LogP contribution in [0.2, 0.25) is 0 Å². The van der Waals surface area contributed by atoms with E-state index in [2.05, 4.69) is 43.1 Å². The van der Waals surface area contributed by atoms with Gasteiger partial charge in [0.2, 0.25) is 0 Å². The van der Waals surface area contributed by atoms with E-state index in [1.807, 2.05) is 24.3 Å². The van der Waals surface area contributed by atoms with Crippen LogP contribution in [0.3, 0.4) is 0 Å². The van der Waals surface area contributed by atoms with Crippen LogP contribution in [-0.4, -0.2) is 6.54 Å². The van der Waals surface area contributed by atoms with Crippen molar-refractivity contribution in [3.63, 3.8) is 0 Å². The van der Waals surface area contributed by atoms with E-state index in [-0.39, 0.29) is 6.10 Å². The molecule has 2 N–H and O–H groups in total. The summed E-state index contributed by atoms with van der Waals surface area (Å²) in [6, 6.07) is 12.4. The van der Waals surface area contributed by atoms with E-state index < -0.39 is 0 Å². The Labute approximate surface area is 136 Å². The molecule has 2 aromatic rings. The van der Waals surface area contributed by atoms with Gasteiger partial charge in [0.05, 0.1) is 0 Å². The highest BCUT2D eigenvalue weighted by Gasteiger charge is 2.14. The molecule has 0 fully saturated rings. The zero-order valence-electron chi connectivity index (χ0n) is 13.0. The van der Waals surface area contributed by atoms with Crippen molar-refractivity contribution in [2.24, 2.45) is 5.73 Å². The van der Waals surface area contributed by atoms with Crippen LogP contribution >= 0.6 is 11.3 Å². The molecule has 1 aromatic heterocycles. The summed E-state index contributed by atoms with van der Waals surface area (Å²) in [6.07, 6.45) is 5.50. The van der Waals surface area contributed by atoms with Crippen LogP contribution in [0.4, 0.5) is 0 Å². The Morgan fingerprint density at radius 1 is 1.32 bits per heavy atom. The van der Waals surface area contributed by atoms with Crippen LogP contribution in [-0.2, 0) is 4.74 Å². The fourth-order valence-corrected chi connectivity index (χ4v) is 3.21. The number of benzene rings is 1. The number of allylic oxidation sites excluding steroid dienone is 1. The average Bonchev–Trinajstić information content (AvgIpc) is 3.07. The van der Waals surface area contributed by atoms with Gasteiger partial charge in [-0.2, -0.15) is 0 Å². The smallest absolute Gasteiger partial charge is 0.134 e. The van der Waals surface area contributed by atoms with Crippen molar-refractivity contribution in [3.8, 4) is 0 Å². The molecule has 0 aliphatic carbocycles. The third kappa shape index (κ3) is 4.09. The number of thiophene rings is 1. The minimum atomic E-state index is 0.0248. The van der Waals surface area contributed by atoms with Gasteiger partial charge in [-0.05, 0) is 23.2 Å². The highest BCUT2D eigenvalue weighted by molar-refractivity contribution is 7.10. The molecule has 2 rings (SSSR count). The molecule has 0 saturated heterocycles. The molecule has 1 atom stereocenters. The molecule has 1 unspecified atom stereocenters. The maximum Gasteiger partial charge on any atom is 0.134 e. The summed E-state index contributed by atoms with van der Waals surface area (Å²) in [7, 11) is 0. The van der Waals surface area contributed by atoms with Crippen molar-refractivity contribution in [2.45, 2.75) is 25.9 Å². The number of ether oxygens (including phenoxy) is 1. The molecule has 0 amide bonds. The Bertz CT molecular complexity index is 703. The summed E-state index contributed by atoms with van der Waals surface area (Å²) < 4.78 is 6.35. The maximum absolute atomic E-state index is 6.35. The zero-order chi connectivity index (χ0) is 15.8. The van der Waals surface area contributed by atoms with Crippen molar-refractivity contribution in [1.29, 1.82) is 0 Å². The SMILES string of the molecule is C=C/C=c1/cccc/c1=C(/CC)OC(CCN)c1cccs1. The lowest BCUT2D eigenvalue weighted by molar-refractivity contribution is 0.155. The van der Waals surface area contributed by atoms with Crippen molar-refractivity contribution in [2.75, 3.05) is 6.54 Å². The van der Waals surface area contributed by atoms with Crippen LogP contribution in [0.25, 0.3) is 11.8 Å². The number of nitrogens with two attached hydrogens (primary N) is 1. The predicted molar refractivity (Wildman–Crippen MR) is 95.9 cm³/mol. The average molecular weight is 313 g/mol. The van der Waals surface area contributed by atoms with Crippen LogP contribution in [0.15, 0.2) is 54.4 Å². The van der Waals surface area contributed by atoms with Gasteiger partial charge in [0.25, 0.3) is 0 Å². The van der Waals surface area contributed by atoms with Gasteiger partial charge in [0.15, 0.2) is 0 Å². The van der Waals surface area contributed by atoms with Crippen molar-refractivity contribution >= 4 is 23.2 Å². The minimum Gasteiger partial charge on any atom is -0.489 e. The topological polar surface area (TPSA) is 35.2 Å². The van der Waals surface area contributed by atoms with E-state index in [1.165, 1.54) is 4.88 Å². The van der Waals surface area contributed by atoms with Crippen LogP contribution in [0.5, 0.6) is 0 Å². The zero-order valence-corrected chi connectivity index (χ0v) is 13.8. The monoisotopic (exact) mass is 313 g/mol. The summed E-state index contributed by atoms with van der Waals surface area (Å²) in [5, 5.41) is 4.34. The fraction of sp³-hybridized carbons (Fsp3) is 0.263. The lowest BCUT2D eigenvalue weighted by Crippen LogP contribution is -2.27. The quantitative estimate of drug-likeness (QED) is 0.851. The Morgan fingerprint density at radius 3 is 2.77 bits per heavy atom. The number of hydrogen-bond acceptors (Lipinski definition) is 3. The van der Waals surface area contributed by atoms with E-state index in [1.54, 1.807) is 11.3 Å². The summed E-state index contributed by atoms with van der Waals surface area (Å²) in [5.74, 6) is 1.00. The first-order valence-corrected chi connectivity index (χ1v) is 8.49. The molecule has 2 nitrogen and oxygen atoms in total. The lowest BCUT2D eigenvalue weighted by Gasteiger charge is -2.19. The summed E-state index contributed by atoms with van der Waals surface area (Å²) in [5.41, 5.74) is 5.76. The van der Waals surface area contributed by atoms with Crippen LogP contribution in [0, 0.1) is 0 Å². The maximum atomic E-state index is 6.35. The van der Waals surface area contributed by atoms with Gasteiger partial charge in [-0.25, -0.2) is 0 Å². The standard InChI is InChI=1S/C19H23NOS/c1-3-8-15-9-5-6-10-16(15)17(4-2)21-18(12-13-20)19-11-7-14-22-19/h3,5-11,14,18H,1,4,12-13,20H2,2H3/b15-8-,17-16+. The predicted octanol–water partition coefficient (Wildman–Crippen LogP) is 3.34. The Balaban J connectivity index is 2.45. The third-order valence-electron chi connectivity index (χ3n) is 3.45. The molecular weight excluding hydrogens is 290 g/mol. The minimum absolute atomic E-state index is 0.0248. The molecule has 1 aromatic carbocycles. The number of hydrogen-bond donors (Lipinski definition) is 1. The van der Waals surface area contributed by atoms with Crippen molar-refractivity contribution in [1.82, 2.24) is 0 Å². The largest absolute Gasteiger partial charge is 0.489 e. The highest BCUT2D eigenvalue weighted by Crippen LogP contribution is 2.28. The molecule has 116 valence electrons. The molecule has 0 aliphatic rings. The lowest BCUT2D eigenvalue weighted by atomic mass is 10.1. The molecular formula is C19H23NOS. The first kappa shape index (κ1) is 16.5. The van der Waals surface area contributed by atoms with Gasteiger partial charge in [0.1, 0.15) is 11.9 Å². The molecule has 0 saturated carbocycles. The first-order chi connectivity index (χ1) is 10.8. The fourth-order valence-electron chi connectivity index (χ4n) is 2.42. The summed E-state index contributed by atoms with van der Waals surface area (Å²) in [6.45, 7) is 6.52. The van der Waals surface area contributed by atoms with Gasteiger partial charge in [-0.3, -0.25) is 0 Å². The second kappa shape index (κ2) is 8.57. The van der Waals surface area contributed by atoms with Gasteiger partial charge < -0.3 is 10.5 Å².